The number of fused-ring (bicyclic) bond motifs is 1. The van der Waals surface area contributed by atoms with Crippen molar-refractivity contribution in [1.82, 2.24) is 9.55 Å². The lowest BCUT2D eigenvalue weighted by Crippen LogP contribution is -2.17. The molecule has 4 rings (SSSR count). The normalized spacial score (nSPS) is 11.0. The van der Waals surface area contributed by atoms with Gasteiger partial charge in [0.15, 0.2) is 0 Å². The number of imidazole rings is 1. The molecule has 6 heteroatoms. The first-order chi connectivity index (χ1) is 15.5. The van der Waals surface area contributed by atoms with Crippen LogP contribution in [0.15, 0.2) is 78.9 Å². The Morgan fingerprint density at radius 3 is 2.16 bits per heavy atom. The molecule has 0 saturated heterocycles. The van der Waals surface area contributed by atoms with Crippen molar-refractivity contribution in [3.63, 3.8) is 0 Å². The minimum atomic E-state index is -0.0885. The van der Waals surface area contributed by atoms with E-state index in [4.69, 9.17) is 4.98 Å². The Bertz CT molecular complexity index is 1230. The van der Waals surface area contributed by atoms with Gasteiger partial charge >= 0.3 is 0 Å². The molecule has 0 fully saturated rings. The van der Waals surface area contributed by atoms with E-state index >= 15 is 0 Å². The van der Waals surface area contributed by atoms with Crippen LogP contribution in [0.4, 0.5) is 11.4 Å². The summed E-state index contributed by atoms with van der Waals surface area (Å²) in [7, 11) is 0. The van der Waals surface area contributed by atoms with Gasteiger partial charge in [-0.05, 0) is 48.5 Å². The van der Waals surface area contributed by atoms with Crippen LogP contribution in [0.3, 0.4) is 0 Å². The van der Waals surface area contributed by atoms with Crippen molar-refractivity contribution in [2.75, 3.05) is 10.6 Å². The molecule has 1 heterocycles. The molecule has 0 atom stereocenters. The van der Waals surface area contributed by atoms with E-state index in [0.717, 1.165) is 22.5 Å². The number of aromatic nitrogens is 2. The summed E-state index contributed by atoms with van der Waals surface area (Å²) >= 11 is 0. The Kier molecular flexibility index (Phi) is 6.31. The lowest BCUT2D eigenvalue weighted by molar-refractivity contribution is -0.119. The summed E-state index contributed by atoms with van der Waals surface area (Å²) in [6.07, 6.45) is 0.819. The van der Waals surface area contributed by atoms with Gasteiger partial charge in [-0.1, -0.05) is 44.2 Å². The second-order valence-corrected chi connectivity index (χ2v) is 7.96. The van der Waals surface area contributed by atoms with Crippen LogP contribution in [-0.4, -0.2) is 21.4 Å². The number of amides is 2. The van der Waals surface area contributed by atoms with Crippen molar-refractivity contribution < 1.29 is 9.59 Å². The van der Waals surface area contributed by atoms with E-state index in [1.54, 1.807) is 24.3 Å². The Hall–Kier alpha value is -3.93. The highest BCUT2D eigenvalue weighted by Gasteiger charge is 2.14. The quantitative estimate of drug-likeness (QED) is 0.427. The molecule has 2 amide bonds. The number of anilines is 2. The number of aryl methyl sites for hydroxylation is 1. The molecule has 0 aliphatic carbocycles. The number of hydrogen-bond acceptors (Lipinski definition) is 3. The molecule has 0 aliphatic heterocycles. The summed E-state index contributed by atoms with van der Waals surface area (Å²) in [6.45, 7) is 3.69. The average molecular weight is 427 g/mol. The second kappa shape index (κ2) is 9.47. The van der Waals surface area contributed by atoms with Gasteiger partial charge in [0.25, 0.3) is 0 Å². The number of carbonyl (C=O) groups excluding carboxylic acids is 2. The molecule has 0 spiro atoms. The van der Waals surface area contributed by atoms with E-state index in [9.17, 15) is 9.59 Å². The average Bonchev–Trinajstić information content (AvgIpc) is 3.18. The molecule has 32 heavy (non-hydrogen) atoms. The largest absolute Gasteiger partial charge is 0.326 e. The van der Waals surface area contributed by atoms with Gasteiger partial charge in [-0.25, -0.2) is 4.98 Å². The summed E-state index contributed by atoms with van der Waals surface area (Å²) < 4.78 is 2.11. The molecular formula is C26H26N4O2. The zero-order valence-corrected chi connectivity index (χ0v) is 18.2. The minimum Gasteiger partial charge on any atom is -0.326 e. The number of benzene rings is 3. The van der Waals surface area contributed by atoms with Gasteiger partial charge in [0.2, 0.25) is 11.8 Å². The van der Waals surface area contributed by atoms with Crippen molar-refractivity contribution in [3.05, 3.63) is 84.7 Å². The van der Waals surface area contributed by atoms with Crippen LogP contribution >= 0.6 is 0 Å². The fraction of sp³-hybridized carbons (Fsp3) is 0.192. The van der Waals surface area contributed by atoms with Crippen molar-refractivity contribution in [2.45, 2.75) is 26.7 Å². The summed E-state index contributed by atoms with van der Waals surface area (Å²) in [5, 5.41) is 5.76. The van der Waals surface area contributed by atoms with E-state index < -0.39 is 0 Å². The zero-order chi connectivity index (χ0) is 22.5. The lowest BCUT2D eigenvalue weighted by atomic mass is 10.2. The lowest BCUT2D eigenvalue weighted by Gasteiger charge is -2.10. The van der Waals surface area contributed by atoms with E-state index in [0.29, 0.717) is 24.2 Å². The second-order valence-electron chi connectivity index (χ2n) is 7.96. The predicted molar refractivity (Wildman–Crippen MR) is 128 cm³/mol. The number of rotatable bonds is 7. The molecule has 0 aliphatic rings. The van der Waals surface area contributed by atoms with Crippen molar-refractivity contribution in [3.8, 4) is 5.69 Å². The number of nitrogens with zero attached hydrogens (tertiary/aromatic N) is 2. The number of nitrogens with one attached hydrogen (secondary N) is 2. The van der Waals surface area contributed by atoms with Gasteiger partial charge in [-0.15, -0.1) is 0 Å². The summed E-state index contributed by atoms with van der Waals surface area (Å²) in [5.41, 5.74) is 4.35. The summed E-state index contributed by atoms with van der Waals surface area (Å²) in [5.74, 6) is 0.632. The molecule has 0 saturated carbocycles. The fourth-order valence-corrected chi connectivity index (χ4v) is 3.48. The first-order valence-electron chi connectivity index (χ1n) is 10.7. The van der Waals surface area contributed by atoms with Crippen LogP contribution < -0.4 is 10.6 Å². The minimum absolute atomic E-state index is 0.0388. The summed E-state index contributed by atoms with van der Waals surface area (Å²) in [4.78, 5) is 29.1. The molecular weight excluding hydrogens is 400 g/mol. The third kappa shape index (κ3) is 4.86. The number of hydrogen-bond donors (Lipinski definition) is 2. The van der Waals surface area contributed by atoms with E-state index in [2.05, 4.69) is 15.2 Å². The third-order valence-corrected chi connectivity index (χ3v) is 5.18. The molecule has 3 aromatic carbocycles. The number of para-hydroxylation sites is 3. The molecule has 0 unspecified atom stereocenters. The van der Waals surface area contributed by atoms with Gasteiger partial charge < -0.3 is 10.6 Å². The molecule has 4 aromatic rings. The van der Waals surface area contributed by atoms with Crippen molar-refractivity contribution in [1.29, 1.82) is 0 Å². The van der Waals surface area contributed by atoms with Gasteiger partial charge in [0.1, 0.15) is 5.82 Å². The Balaban J connectivity index is 1.44. The van der Waals surface area contributed by atoms with Gasteiger partial charge in [0, 0.05) is 35.8 Å². The van der Waals surface area contributed by atoms with E-state index in [1.165, 1.54) is 0 Å². The molecule has 6 nitrogen and oxygen atoms in total. The number of carbonyl (C=O) groups is 2. The standard InChI is InChI=1S/C26H26N4O2/c1-18(2)26(32)28-20-14-12-19(13-15-20)27-25(31)17-16-24-29-22-10-6-7-11-23(22)30(24)21-8-4-3-5-9-21/h3-15,18H,16-17H2,1-2H3,(H,27,31)(H,28,32). The third-order valence-electron chi connectivity index (χ3n) is 5.18. The van der Waals surface area contributed by atoms with Crippen LogP contribution in [0.2, 0.25) is 0 Å². The van der Waals surface area contributed by atoms with Crippen LogP contribution in [0.5, 0.6) is 0 Å². The maximum Gasteiger partial charge on any atom is 0.226 e. The Morgan fingerprint density at radius 1 is 0.844 bits per heavy atom. The Morgan fingerprint density at radius 2 is 1.47 bits per heavy atom. The topological polar surface area (TPSA) is 76.0 Å². The highest BCUT2D eigenvalue weighted by atomic mass is 16.2. The van der Waals surface area contributed by atoms with Gasteiger partial charge in [0.05, 0.1) is 11.0 Å². The van der Waals surface area contributed by atoms with E-state index in [1.807, 2.05) is 68.4 Å². The first-order valence-corrected chi connectivity index (χ1v) is 10.7. The SMILES string of the molecule is CC(C)C(=O)Nc1ccc(NC(=O)CCc2nc3ccccc3n2-c2ccccc2)cc1. The smallest absolute Gasteiger partial charge is 0.226 e. The van der Waals surface area contributed by atoms with Crippen LogP contribution in [0.25, 0.3) is 16.7 Å². The highest BCUT2D eigenvalue weighted by Crippen LogP contribution is 2.22. The summed E-state index contributed by atoms with van der Waals surface area (Å²) in [6, 6.07) is 25.2. The van der Waals surface area contributed by atoms with Gasteiger partial charge in [-0.3, -0.25) is 14.2 Å². The zero-order valence-electron chi connectivity index (χ0n) is 18.2. The van der Waals surface area contributed by atoms with Crippen molar-refractivity contribution >= 4 is 34.2 Å². The molecule has 162 valence electrons. The van der Waals surface area contributed by atoms with Crippen LogP contribution in [0, 0.1) is 5.92 Å². The van der Waals surface area contributed by atoms with Crippen molar-refractivity contribution in [2.24, 2.45) is 5.92 Å². The molecule has 2 N–H and O–H groups in total. The molecule has 0 bridgehead atoms. The van der Waals surface area contributed by atoms with E-state index in [-0.39, 0.29) is 17.7 Å². The molecule has 0 radical (unpaired) electrons. The van der Waals surface area contributed by atoms with Crippen LogP contribution in [-0.2, 0) is 16.0 Å². The monoisotopic (exact) mass is 426 g/mol. The van der Waals surface area contributed by atoms with Gasteiger partial charge in [-0.2, -0.15) is 0 Å². The Labute approximate surface area is 187 Å². The maximum absolute atomic E-state index is 12.6. The fourth-order valence-electron chi connectivity index (χ4n) is 3.48. The first kappa shape index (κ1) is 21.3. The predicted octanol–water partition coefficient (Wildman–Crippen LogP) is 5.19. The van der Waals surface area contributed by atoms with Crippen LogP contribution in [0.1, 0.15) is 26.1 Å². The highest BCUT2D eigenvalue weighted by molar-refractivity contribution is 5.93. The maximum atomic E-state index is 12.6. The molecule has 1 aromatic heterocycles.